The lowest BCUT2D eigenvalue weighted by Crippen LogP contribution is -1.95. The molecule has 1 heterocycles. The standard InChI is InChI=1S/C6H4Cl2N2O/c7-4-2-1-3-9-5(4)6(8)10-11/h1-3,11H/b10-6+. The van der Waals surface area contributed by atoms with E-state index in [4.69, 9.17) is 28.4 Å². The summed E-state index contributed by atoms with van der Waals surface area (Å²) in [6, 6.07) is 3.27. The first-order chi connectivity index (χ1) is 5.25. The van der Waals surface area contributed by atoms with Crippen molar-refractivity contribution in [2.75, 3.05) is 0 Å². The van der Waals surface area contributed by atoms with Crippen LogP contribution >= 0.6 is 23.2 Å². The highest BCUT2D eigenvalue weighted by Crippen LogP contribution is 2.14. The zero-order valence-corrected chi connectivity index (χ0v) is 6.84. The monoisotopic (exact) mass is 190 g/mol. The summed E-state index contributed by atoms with van der Waals surface area (Å²) in [5, 5.41) is 11.3. The van der Waals surface area contributed by atoms with E-state index in [0.717, 1.165) is 0 Å². The molecule has 1 rings (SSSR count). The predicted molar refractivity (Wildman–Crippen MR) is 43.4 cm³/mol. The van der Waals surface area contributed by atoms with Gasteiger partial charge in [0.2, 0.25) is 0 Å². The van der Waals surface area contributed by atoms with E-state index in [0.29, 0.717) is 5.02 Å². The van der Waals surface area contributed by atoms with E-state index in [1.165, 1.54) is 6.20 Å². The van der Waals surface area contributed by atoms with Crippen LogP contribution in [0.2, 0.25) is 5.02 Å². The maximum Gasteiger partial charge on any atom is 0.195 e. The molecular weight excluding hydrogens is 187 g/mol. The lowest BCUT2D eigenvalue weighted by Gasteiger charge is -1.96. The predicted octanol–water partition coefficient (Wildman–Crippen LogP) is 2.11. The second kappa shape index (κ2) is 3.55. The fourth-order valence-corrected chi connectivity index (χ4v) is 0.995. The Kier molecular flexibility index (Phi) is 2.68. The van der Waals surface area contributed by atoms with E-state index in [1.54, 1.807) is 12.1 Å². The van der Waals surface area contributed by atoms with Gasteiger partial charge in [0.1, 0.15) is 5.69 Å². The summed E-state index contributed by atoms with van der Waals surface area (Å²) in [7, 11) is 0. The highest BCUT2D eigenvalue weighted by molar-refractivity contribution is 6.70. The van der Waals surface area contributed by atoms with Crippen LogP contribution in [0.4, 0.5) is 0 Å². The van der Waals surface area contributed by atoms with Crippen molar-refractivity contribution >= 4 is 28.4 Å². The molecule has 0 saturated heterocycles. The van der Waals surface area contributed by atoms with Gasteiger partial charge in [0.15, 0.2) is 5.17 Å². The molecule has 5 heteroatoms. The number of hydrogen-bond donors (Lipinski definition) is 1. The Balaban J connectivity index is 3.14. The molecule has 0 fully saturated rings. The number of oxime groups is 1. The van der Waals surface area contributed by atoms with Gasteiger partial charge in [0.05, 0.1) is 5.02 Å². The molecular formula is C6H4Cl2N2O. The number of pyridine rings is 1. The number of halogens is 2. The van der Waals surface area contributed by atoms with Crippen LogP contribution in [0.15, 0.2) is 23.5 Å². The van der Waals surface area contributed by atoms with E-state index < -0.39 is 0 Å². The van der Waals surface area contributed by atoms with Gasteiger partial charge in [-0.25, -0.2) is 0 Å². The molecule has 3 nitrogen and oxygen atoms in total. The molecule has 0 aliphatic heterocycles. The van der Waals surface area contributed by atoms with Gasteiger partial charge in [-0.3, -0.25) is 4.98 Å². The Labute approximate surface area is 73.3 Å². The van der Waals surface area contributed by atoms with E-state index in [-0.39, 0.29) is 10.9 Å². The van der Waals surface area contributed by atoms with Gasteiger partial charge < -0.3 is 5.21 Å². The zero-order valence-electron chi connectivity index (χ0n) is 5.33. The first-order valence-electron chi connectivity index (χ1n) is 2.74. The average Bonchev–Trinajstić information content (AvgIpc) is 2.04. The minimum atomic E-state index is -0.115. The van der Waals surface area contributed by atoms with Crippen LogP contribution in [-0.4, -0.2) is 15.4 Å². The summed E-state index contributed by atoms with van der Waals surface area (Å²) in [6.45, 7) is 0. The van der Waals surface area contributed by atoms with Gasteiger partial charge in [-0.1, -0.05) is 28.4 Å². The molecule has 0 saturated carbocycles. The van der Waals surface area contributed by atoms with Crippen molar-refractivity contribution in [3.63, 3.8) is 0 Å². The fraction of sp³-hybridized carbons (Fsp3) is 0. The quantitative estimate of drug-likeness (QED) is 0.419. The molecule has 0 aromatic carbocycles. The first-order valence-corrected chi connectivity index (χ1v) is 3.49. The summed E-state index contributed by atoms with van der Waals surface area (Å²) >= 11 is 11.1. The van der Waals surface area contributed by atoms with Crippen LogP contribution in [0.1, 0.15) is 5.69 Å². The Morgan fingerprint density at radius 3 is 2.91 bits per heavy atom. The fourth-order valence-electron chi connectivity index (χ4n) is 0.585. The van der Waals surface area contributed by atoms with Gasteiger partial charge in [0, 0.05) is 6.20 Å². The molecule has 1 N–H and O–H groups in total. The largest absolute Gasteiger partial charge is 0.410 e. The first kappa shape index (κ1) is 8.30. The van der Waals surface area contributed by atoms with Crippen molar-refractivity contribution in [3.8, 4) is 0 Å². The topological polar surface area (TPSA) is 45.5 Å². The Hall–Kier alpha value is -0.800. The van der Waals surface area contributed by atoms with Gasteiger partial charge >= 0.3 is 0 Å². The van der Waals surface area contributed by atoms with Gasteiger partial charge in [-0.15, -0.1) is 0 Å². The van der Waals surface area contributed by atoms with Gasteiger partial charge in [-0.05, 0) is 12.1 Å². The maximum atomic E-state index is 8.27. The molecule has 0 amide bonds. The van der Waals surface area contributed by atoms with Crippen molar-refractivity contribution in [1.82, 2.24) is 4.98 Å². The van der Waals surface area contributed by atoms with E-state index in [9.17, 15) is 0 Å². The number of aromatic nitrogens is 1. The molecule has 0 atom stereocenters. The minimum Gasteiger partial charge on any atom is -0.410 e. The maximum absolute atomic E-state index is 8.27. The molecule has 58 valence electrons. The average molecular weight is 191 g/mol. The summed E-state index contributed by atoms with van der Waals surface area (Å²) in [4.78, 5) is 3.79. The summed E-state index contributed by atoms with van der Waals surface area (Å²) in [6.07, 6.45) is 1.51. The van der Waals surface area contributed by atoms with Crippen LogP contribution in [-0.2, 0) is 0 Å². The van der Waals surface area contributed by atoms with Crippen LogP contribution < -0.4 is 0 Å². The van der Waals surface area contributed by atoms with Crippen molar-refractivity contribution in [2.24, 2.45) is 5.16 Å². The molecule has 0 bridgehead atoms. The highest BCUT2D eigenvalue weighted by atomic mass is 35.5. The molecule has 11 heavy (non-hydrogen) atoms. The summed E-state index contributed by atoms with van der Waals surface area (Å²) in [5.74, 6) is 0. The van der Waals surface area contributed by atoms with E-state index >= 15 is 0 Å². The van der Waals surface area contributed by atoms with Gasteiger partial charge in [-0.2, -0.15) is 0 Å². The minimum absolute atomic E-state index is 0.115. The molecule has 1 aromatic rings. The molecule has 0 spiro atoms. The van der Waals surface area contributed by atoms with E-state index in [1.807, 2.05) is 0 Å². The number of nitrogens with zero attached hydrogens (tertiary/aromatic N) is 2. The molecule has 1 aromatic heterocycles. The molecule has 0 aliphatic carbocycles. The summed E-state index contributed by atoms with van der Waals surface area (Å²) in [5.41, 5.74) is 0.276. The Bertz CT molecular complexity index is 288. The second-order valence-electron chi connectivity index (χ2n) is 1.72. The van der Waals surface area contributed by atoms with E-state index in [2.05, 4.69) is 10.1 Å². The molecule has 0 radical (unpaired) electrons. The second-order valence-corrected chi connectivity index (χ2v) is 2.49. The third-order valence-electron chi connectivity index (χ3n) is 1.04. The number of rotatable bonds is 1. The Morgan fingerprint density at radius 2 is 2.36 bits per heavy atom. The van der Waals surface area contributed by atoms with Crippen molar-refractivity contribution < 1.29 is 5.21 Å². The van der Waals surface area contributed by atoms with Crippen LogP contribution in [0.25, 0.3) is 0 Å². The molecule has 0 aliphatic rings. The SMILES string of the molecule is O/N=C(/Cl)c1ncccc1Cl. The third kappa shape index (κ3) is 1.82. The lowest BCUT2D eigenvalue weighted by molar-refractivity contribution is 0.320. The number of hydrogen-bond acceptors (Lipinski definition) is 3. The Morgan fingerprint density at radius 1 is 1.64 bits per heavy atom. The van der Waals surface area contributed by atoms with Crippen LogP contribution in [0.3, 0.4) is 0 Å². The highest BCUT2D eigenvalue weighted by Gasteiger charge is 2.05. The molecule has 0 unspecified atom stereocenters. The van der Waals surface area contributed by atoms with Gasteiger partial charge in [0.25, 0.3) is 0 Å². The normalized spacial score (nSPS) is 11.6. The third-order valence-corrected chi connectivity index (χ3v) is 1.60. The summed E-state index contributed by atoms with van der Waals surface area (Å²) < 4.78 is 0. The van der Waals surface area contributed by atoms with Crippen molar-refractivity contribution in [1.29, 1.82) is 0 Å². The lowest BCUT2D eigenvalue weighted by atomic mass is 10.4. The zero-order chi connectivity index (χ0) is 8.27. The van der Waals surface area contributed by atoms with Crippen LogP contribution in [0, 0.1) is 0 Å². The van der Waals surface area contributed by atoms with Crippen LogP contribution in [0.5, 0.6) is 0 Å². The smallest absolute Gasteiger partial charge is 0.195 e. The van der Waals surface area contributed by atoms with Crippen molar-refractivity contribution in [3.05, 3.63) is 29.0 Å². The van der Waals surface area contributed by atoms with Crippen molar-refractivity contribution in [2.45, 2.75) is 0 Å².